The molecule has 0 saturated carbocycles. The first kappa shape index (κ1) is 25.7. The molecule has 176 valence electrons. The molecule has 0 amide bonds. The van der Waals surface area contributed by atoms with Crippen LogP contribution in [0, 0.1) is 10.1 Å². The summed E-state index contributed by atoms with van der Waals surface area (Å²) in [5.41, 5.74) is 0.868. The first-order valence-corrected chi connectivity index (χ1v) is 10.6. The van der Waals surface area contributed by atoms with Gasteiger partial charge in [-0.25, -0.2) is 9.59 Å². The normalized spacial score (nSPS) is 11.5. The molecule has 0 heterocycles. The van der Waals surface area contributed by atoms with Gasteiger partial charge in [-0.05, 0) is 38.8 Å². The SMILES string of the molecule is COC(=O)/C=C/CN(CCc1ccccc1)Cc1ccc(C(=O)OC(C)(C)C)cc1[N+](=O)[O-]. The number of methoxy groups -OCH3 is 1. The lowest BCUT2D eigenvalue weighted by atomic mass is 10.1. The zero-order valence-corrected chi connectivity index (χ0v) is 19.4. The van der Waals surface area contributed by atoms with Crippen LogP contribution in [0.25, 0.3) is 0 Å². The summed E-state index contributed by atoms with van der Waals surface area (Å²) >= 11 is 0. The minimum absolute atomic E-state index is 0.127. The molecule has 8 heteroatoms. The van der Waals surface area contributed by atoms with Crippen LogP contribution in [-0.2, 0) is 27.2 Å². The first-order chi connectivity index (χ1) is 15.6. The van der Waals surface area contributed by atoms with Gasteiger partial charge in [-0.1, -0.05) is 42.5 Å². The third-order valence-electron chi connectivity index (χ3n) is 4.69. The zero-order valence-electron chi connectivity index (χ0n) is 19.4. The summed E-state index contributed by atoms with van der Waals surface area (Å²) in [5, 5.41) is 11.7. The highest BCUT2D eigenvalue weighted by molar-refractivity contribution is 5.90. The molecule has 0 aliphatic carbocycles. The molecule has 0 aliphatic heterocycles. The molecule has 0 aliphatic rings. The van der Waals surface area contributed by atoms with E-state index in [1.165, 1.54) is 25.3 Å². The highest BCUT2D eigenvalue weighted by Crippen LogP contribution is 2.24. The molecule has 0 aromatic heterocycles. The van der Waals surface area contributed by atoms with Gasteiger partial charge in [-0.2, -0.15) is 0 Å². The van der Waals surface area contributed by atoms with E-state index in [2.05, 4.69) is 4.74 Å². The Labute approximate surface area is 194 Å². The highest BCUT2D eigenvalue weighted by Gasteiger charge is 2.23. The minimum Gasteiger partial charge on any atom is -0.466 e. The maximum atomic E-state index is 12.4. The van der Waals surface area contributed by atoms with E-state index in [1.807, 2.05) is 35.2 Å². The number of carbonyl (C=O) groups excluding carboxylic acids is 2. The molecule has 2 aromatic rings. The largest absolute Gasteiger partial charge is 0.466 e. The van der Waals surface area contributed by atoms with Crippen molar-refractivity contribution in [3.05, 3.63) is 87.5 Å². The average molecular weight is 455 g/mol. The molecular weight excluding hydrogens is 424 g/mol. The topological polar surface area (TPSA) is 99.0 Å². The minimum atomic E-state index is -0.704. The molecular formula is C25H30N2O6. The van der Waals surface area contributed by atoms with Crippen LogP contribution in [0.4, 0.5) is 5.69 Å². The summed E-state index contributed by atoms with van der Waals surface area (Å²) in [6.07, 6.45) is 3.73. The summed E-state index contributed by atoms with van der Waals surface area (Å²) in [6.45, 7) is 6.48. The number of nitro benzene ring substituents is 1. The van der Waals surface area contributed by atoms with E-state index in [4.69, 9.17) is 4.74 Å². The molecule has 0 radical (unpaired) electrons. The first-order valence-electron chi connectivity index (χ1n) is 10.6. The fraction of sp³-hybridized carbons (Fsp3) is 0.360. The highest BCUT2D eigenvalue weighted by atomic mass is 16.6. The van der Waals surface area contributed by atoms with E-state index in [9.17, 15) is 19.7 Å². The lowest BCUT2D eigenvalue weighted by molar-refractivity contribution is -0.385. The molecule has 8 nitrogen and oxygen atoms in total. The number of hydrogen-bond acceptors (Lipinski definition) is 7. The molecule has 33 heavy (non-hydrogen) atoms. The molecule has 0 N–H and O–H groups in total. The van der Waals surface area contributed by atoms with Crippen molar-refractivity contribution in [3.63, 3.8) is 0 Å². The van der Waals surface area contributed by atoms with Crippen molar-refractivity contribution < 1.29 is 24.0 Å². The Morgan fingerprint density at radius 2 is 1.82 bits per heavy atom. The van der Waals surface area contributed by atoms with Crippen LogP contribution >= 0.6 is 0 Å². The maximum Gasteiger partial charge on any atom is 0.338 e. The number of rotatable bonds is 10. The molecule has 0 unspecified atom stereocenters. The summed E-state index contributed by atoms with van der Waals surface area (Å²) in [6, 6.07) is 14.3. The fourth-order valence-corrected chi connectivity index (χ4v) is 3.11. The lowest BCUT2D eigenvalue weighted by Gasteiger charge is -2.22. The summed E-state index contributed by atoms with van der Waals surface area (Å²) in [5.74, 6) is -1.08. The van der Waals surface area contributed by atoms with Gasteiger partial charge in [0.25, 0.3) is 5.69 Å². The third-order valence-corrected chi connectivity index (χ3v) is 4.69. The van der Waals surface area contributed by atoms with E-state index in [1.54, 1.807) is 32.9 Å². The molecule has 0 bridgehead atoms. The Morgan fingerprint density at radius 3 is 2.42 bits per heavy atom. The lowest BCUT2D eigenvalue weighted by Crippen LogP contribution is -2.27. The van der Waals surface area contributed by atoms with Crippen LogP contribution in [0.5, 0.6) is 0 Å². The molecule has 0 spiro atoms. The quantitative estimate of drug-likeness (QED) is 0.228. The second-order valence-corrected chi connectivity index (χ2v) is 8.50. The number of hydrogen-bond donors (Lipinski definition) is 0. The summed E-state index contributed by atoms with van der Waals surface area (Å²) in [7, 11) is 1.30. The summed E-state index contributed by atoms with van der Waals surface area (Å²) < 4.78 is 9.95. The Balaban J connectivity index is 2.24. The van der Waals surface area contributed by atoms with Crippen LogP contribution in [-0.4, -0.2) is 47.6 Å². The Bertz CT molecular complexity index is 996. The van der Waals surface area contributed by atoms with Gasteiger partial charge in [-0.15, -0.1) is 0 Å². The number of ether oxygens (including phenoxy) is 2. The second kappa shape index (κ2) is 11.9. The molecule has 2 rings (SSSR count). The van der Waals surface area contributed by atoms with Gasteiger partial charge in [0, 0.05) is 37.3 Å². The molecule has 0 saturated heterocycles. The number of carbonyl (C=O) groups is 2. The van der Waals surface area contributed by atoms with Crippen LogP contribution in [0.2, 0.25) is 0 Å². The predicted molar refractivity (Wildman–Crippen MR) is 125 cm³/mol. The molecule has 2 aromatic carbocycles. The second-order valence-electron chi connectivity index (χ2n) is 8.50. The van der Waals surface area contributed by atoms with Gasteiger partial charge in [0.05, 0.1) is 17.6 Å². The van der Waals surface area contributed by atoms with Gasteiger partial charge in [0.15, 0.2) is 0 Å². The Kier molecular flexibility index (Phi) is 9.30. The smallest absolute Gasteiger partial charge is 0.338 e. The van der Waals surface area contributed by atoms with E-state index in [0.29, 0.717) is 18.7 Å². The monoisotopic (exact) mass is 454 g/mol. The van der Waals surface area contributed by atoms with Gasteiger partial charge in [0.2, 0.25) is 0 Å². The van der Waals surface area contributed by atoms with Gasteiger partial charge < -0.3 is 9.47 Å². The summed E-state index contributed by atoms with van der Waals surface area (Å²) in [4.78, 5) is 37.0. The van der Waals surface area contributed by atoms with Crippen molar-refractivity contribution in [2.24, 2.45) is 0 Å². The van der Waals surface area contributed by atoms with Gasteiger partial charge >= 0.3 is 11.9 Å². The average Bonchev–Trinajstić information content (AvgIpc) is 2.76. The Morgan fingerprint density at radius 1 is 1.12 bits per heavy atom. The van der Waals surface area contributed by atoms with Crippen molar-refractivity contribution in [2.45, 2.75) is 39.3 Å². The number of esters is 2. The fourth-order valence-electron chi connectivity index (χ4n) is 3.11. The zero-order chi connectivity index (χ0) is 24.4. The number of nitro groups is 1. The van der Waals surface area contributed by atoms with Gasteiger partial charge in [-0.3, -0.25) is 15.0 Å². The van der Waals surface area contributed by atoms with Crippen LogP contribution in [0.15, 0.2) is 60.7 Å². The number of nitrogens with zero attached hydrogens (tertiary/aromatic N) is 2. The van der Waals surface area contributed by atoms with Gasteiger partial charge in [0.1, 0.15) is 5.60 Å². The maximum absolute atomic E-state index is 12.4. The molecule has 0 atom stereocenters. The van der Waals surface area contributed by atoms with Crippen LogP contribution in [0.3, 0.4) is 0 Å². The van der Waals surface area contributed by atoms with Crippen molar-refractivity contribution in [1.82, 2.24) is 4.90 Å². The van der Waals surface area contributed by atoms with E-state index >= 15 is 0 Å². The van der Waals surface area contributed by atoms with Crippen molar-refractivity contribution in [1.29, 1.82) is 0 Å². The third kappa shape index (κ3) is 8.86. The van der Waals surface area contributed by atoms with Crippen molar-refractivity contribution in [2.75, 3.05) is 20.2 Å². The predicted octanol–water partition coefficient (Wildman–Crippen LogP) is 4.32. The van der Waals surface area contributed by atoms with Crippen molar-refractivity contribution >= 4 is 17.6 Å². The van der Waals surface area contributed by atoms with E-state index in [0.717, 1.165) is 12.0 Å². The van der Waals surface area contributed by atoms with Crippen LogP contribution < -0.4 is 0 Å². The number of benzene rings is 2. The molecule has 0 fully saturated rings. The van der Waals surface area contributed by atoms with Crippen LogP contribution in [0.1, 0.15) is 42.3 Å². The van der Waals surface area contributed by atoms with E-state index < -0.39 is 22.5 Å². The van der Waals surface area contributed by atoms with E-state index in [-0.39, 0.29) is 17.8 Å². The standard InChI is InChI=1S/C25H30N2O6/c1-25(2,3)33-24(29)20-12-13-21(22(17-20)27(30)31)18-26(15-8-11-23(28)32-4)16-14-19-9-6-5-7-10-19/h5-13,17H,14-16,18H2,1-4H3/b11-8+. The Hall–Kier alpha value is -3.52. The van der Waals surface area contributed by atoms with Crippen molar-refractivity contribution in [3.8, 4) is 0 Å².